The molecule has 0 aliphatic rings. The Labute approximate surface area is 92.7 Å². The van der Waals surface area contributed by atoms with E-state index >= 15 is 0 Å². The minimum atomic E-state index is 0.0237. The van der Waals surface area contributed by atoms with Gasteiger partial charge in [0.2, 0.25) is 5.88 Å². The third-order valence-corrected chi connectivity index (χ3v) is 2.09. The quantitative estimate of drug-likeness (QED) is 0.353. The van der Waals surface area contributed by atoms with Gasteiger partial charge in [0.1, 0.15) is 6.54 Å². The Morgan fingerprint density at radius 2 is 2.25 bits per heavy atom. The number of nitrogens with two attached hydrogens (primary N) is 1. The van der Waals surface area contributed by atoms with Gasteiger partial charge in [-0.2, -0.15) is 10.0 Å². The number of hydrogen-bond acceptors (Lipinski definition) is 6. The van der Waals surface area contributed by atoms with Gasteiger partial charge < -0.3 is 10.6 Å². The highest BCUT2D eigenvalue weighted by molar-refractivity contribution is 5.36. The first-order chi connectivity index (χ1) is 7.72. The maximum Gasteiger partial charge on any atom is 0.218 e. The van der Waals surface area contributed by atoms with Crippen molar-refractivity contribution in [1.29, 1.82) is 0 Å². The van der Waals surface area contributed by atoms with Gasteiger partial charge in [-0.3, -0.25) is 0 Å². The summed E-state index contributed by atoms with van der Waals surface area (Å²) in [5, 5.41) is 9.65. The minimum absolute atomic E-state index is 0.0237. The van der Waals surface area contributed by atoms with Crippen molar-refractivity contribution in [3.8, 4) is 5.88 Å². The molecule has 1 rings (SSSR count). The number of nitrogens with zero attached hydrogens (tertiary/aromatic N) is 4. The van der Waals surface area contributed by atoms with Crippen LogP contribution in [0.4, 0.5) is 0 Å². The maximum absolute atomic E-state index is 10.2. The van der Waals surface area contributed by atoms with Gasteiger partial charge in [-0.25, -0.2) is 4.98 Å². The van der Waals surface area contributed by atoms with Crippen LogP contribution in [0.25, 0.3) is 0 Å². The molecule has 0 fully saturated rings. The number of pyridine rings is 1. The largest absolute Gasteiger partial charge is 0.481 e. The predicted octanol–water partition coefficient (Wildman–Crippen LogP) is 1.49. The van der Waals surface area contributed by atoms with Crippen LogP contribution in [0, 0.1) is 11.8 Å². The molecule has 1 aromatic heterocycles. The molecule has 0 aromatic carbocycles. The highest BCUT2D eigenvalue weighted by Crippen LogP contribution is 2.22. The second-order valence-electron chi connectivity index (χ2n) is 3.12. The number of methoxy groups -OCH3 is 1. The van der Waals surface area contributed by atoms with Crippen LogP contribution in [0.5, 0.6) is 5.88 Å². The van der Waals surface area contributed by atoms with E-state index in [9.17, 15) is 4.91 Å². The Kier molecular flexibility index (Phi) is 4.31. The van der Waals surface area contributed by atoms with Crippen LogP contribution in [0.1, 0.15) is 16.8 Å². The van der Waals surface area contributed by atoms with Crippen LogP contribution < -0.4 is 10.6 Å². The number of hydrogen-bond donors (Lipinski definition) is 1. The first-order valence-electron chi connectivity index (χ1n) is 4.62. The van der Waals surface area contributed by atoms with Gasteiger partial charge in [-0.15, -0.1) is 0 Å². The highest BCUT2D eigenvalue weighted by Gasteiger charge is 2.10. The van der Waals surface area contributed by atoms with Crippen molar-refractivity contribution in [2.45, 2.75) is 20.0 Å². The summed E-state index contributed by atoms with van der Waals surface area (Å²) in [5.41, 5.74) is 2.28. The minimum Gasteiger partial charge on any atom is -0.481 e. The van der Waals surface area contributed by atoms with Crippen molar-refractivity contribution in [1.82, 2.24) is 4.98 Å². The van der Waals surface area contributed by atoms with Crippen LogP contribution in [-0.4, -0.2) is 12.1 Å². The molecule has 0 unspecified atom stereocenters. The fraction of sp³-hybridized carbons (Fsp3) is 0.444. The smallest absolute Gasteiger partial charge is 0.218 e. The molecule has 7 heteroatoms. The van der Waals surface area contributed by atoms with Crippen molar-refractivity contribution < 1.29 is 4.74 Å². The average Bonchev–Trinajstić information content (AvgIpc) is 2.27. The Bertz CT molecular complexity index is 405. The summed E-state index contributed by atoms with van der Waals surface area (Å²) in [6.45, 7) is 2.20. The van der Waals surface area contributed by atoms with Gasteiger partial charge in [0, 0.05) is 5.56 Å². The Balaban J connectivity index is 3.11. The average molecular weight is 223 g/mol. The molecule has 0 aliphatic heterocycles. The summed E-state index contributed by atoms with van der Waals surface area (Å²) >= 11 is 0. The predicted molar refractivity (Wildman–Crippen MR) is 57.8 cm³/mol. The SMILES string of the molecule is COc1nc(CN=O)cc(C)c1CN=NN. The van der Waals surface area contributed by atoms with E-state index in [4.69, 9.17) is 10.6 Å². The zero-order valence-electron chi connectivity index (χ0n) is 9.17. The monoisotopic (exact) mass is 223 g/mol. The molecule has 0 atom stereocenters. The summed E-state index contributed by atoms with van der Waals surface area (Å²) in [6.07, 6.45) is 0. The van der Waals surface area contributed by atoms with Crippen LogP contribution in [0.3, 0.4) is 0 Å². The number of rotatable bonds is 5. The van der Waals surface area contributed by atoms with Crippen molar-refractivity contribution in [3.63, 3.8) is 0 Å². The summed E-state index contributed by atoms with van der Waals surface area (Å²) in [6, 6.07) is 1.77. The van der Waals surface area contributed by atoms with E-state index in [1.165, 1.54) is 7.11 Å². The molecule has 1 aromatic rings. The third kappa shape index (κ3) is 2.72. The molecule has 0 bridgehead atoms. The highest BCUT2D eigenvalue weighted by atomic mass is 16.5. The molecular weight excluding hydrogens is 210 g/mol. The zero-order valence-corrected chi connectivity index (χ0v) is 9.17. The normalized spacial score (nSPS) is 10.6. The van der Waals surface area contributed by atoms with Gasteiger partial charge in [0.05, 0.1) is 19.3 Å². The molecule has 0 radical (unpaired) electrons. The molecule has 7 nitrogen and oxygen atoms in total. The van der Waals surface area contributed by atoms with E-state index in [1.807, 2.05) is 6.92 Å². The van der Waals surface area contributed by atoms with Crippen LogP contribution in [-0.2, 0) is 13.1 Å². The molecule has 1 heterocycles. The van der Waals surface area contributed by atoms with Crippen molar-refractivity contribution in [3.05, 3.63) is 27.8 Å². The van der Waals surface area contributed by atoms with E-state index in [0.717, 1.165) is 11.1 Å². The molecule has 0 aliphatic carbocycles. The van der Waals surface area contributed by atoms with E-state index in [2.05, 4.69) is 20.5 Å². The first-order valence-corrected chi connectivity index (χ1v) is 4.62. The number of nitroso groups, excluding NO2 is 1. The zero-order chi connectivity index (χ0) is 12.0. The number of ether oxygens (including phenoxy) is 1. The number of aryl methyl sites for hydroxylation is 1. The second kappa shape index (κ2) is 5.74. The number of aromatic nitrogens is 1. The van der Waals surface area contributed by atoms with E-state index < -0.39 is 0 Å². The molecule has 0 amide bonds. The van der Waals surface area contributed by atoms with Gasteiger partial charge >= 0.3 is 0 Å². The van der Waals surface area contributed by atoms with Crippen LogP contribution in [0.2, 0.25) is 0 Å². The molecule has 0 spiro atoms. The Morgan fingerprint density at radius 3 is 2.81 bits per heavy atom. The molecular formula is C9H13N5O2. The van der Waals surface area contributed by atoms with Crippen molar-refractivity contribution in [2.24, 2.45) is 21.4 Å². The molecule has 2 N–H and O–H groups in total. The molecule has 0 saturated heterocycles. The van der Waals surface area contributed by atoms with Gasteiger partial charge in [0.15, 0.2) is 0 Å². The Morgan fingerprint density at radius 1 is 1.50 bits per heavy atom. The fourth-order valence-electron chi connectivity index (χ4n) is 1.36. The lowest BCUT2D eigenvalue weighted by atomic mass is 10.1. The second-order valence-corrected chi connectivity index (χ2v) is 3.12. The van der Waals surface area contributed by atoms with Crippen LogP contribution in [0.15, 0.2) is 21.6 Å². The lowest BCUT2D eigenvalue weighted by Crippen LogP contribution is -2.01. The lowest BCUT2D eigenvalue weighted by Gasteiger charge is -2.09. The van der Waals surface area contributed by atoms with Crippen molar-refractivity contribution >= 4 is 0 Å². The summed E-state index contributed by atoms with van der Waals surface area (Å²) in [5.74, 6) is 5.36. The summed E-state index contributed by atoms with van der Waals surface area (Å²) in [4.78, 5) is 14.3. The lowest BCUT2D eigenvalue weighted by molar-refractivity contribution is 0.390. The summed E-state index contributed by atoms with van der Waals surface area (Å²) in [7, 11) is 1.50. The molecule has 16 heavy (non-hydrogen) atoms. The van der Waals surface area contributed by atoms with Gasteiger partial charge in [-0.1, -0.05) is 10.4 Å². The third-order valence-electron chi connectivity index (χ3n) is 2.09. The van der Waals surface area contributed by atoms with E-state index in [1.54, 1.807) is 6.07 Å². The van der Waals surface area contributed by atoms with E-state index in [0.29, 0.717) is 18.1 Å². The first kappa shape index (κ1) is 12.0. The molecule has 0 saturated carbocycles. The topological polar surface area (TPSA) is 102 Å². The Hall–Kier alpha value is -2.05. The standard InChI is InChI=1S/C9H13N5O2/c1-6-3-7(4-12-15)13-9(16-2)8(6)5-11-14-10/h3H,4-5H2,1-2H3,(H2,10,11). The summed E-state index contributed by atoms with van der Waals surface area (Å²) < 4.78 is 5.11. The van der Waals surface area contributed by atoms with Crippen molar-refractivity contribution in [2.75, 3.05) is 7.11 Å². The van der Waals surface area contributed by atoms with Gasteiger partial charge in [-0.05, 0) is 18.6 Å². The fourth-order valence-corrected chi connectivity index (χ4v) is 1.36. The molecule has 86 valence electrons. The maximum atomic E-state index is 10.2. The van der Waals surface area contributed by atoms with E-state index in [-0.39, 0.29) is 6.54 Å². The van der Waals surface area contributed by atoms with Crippen LogP contribution >= 0.6 is 0 Å². The van der Waals surface area contributed by atoms with Gasteiger partial charge in [0.25, 0.3) is 0 Å².